The van der Waals surface area contributed by atoms with Gasteiger partial charge >= 0.3 is 0 Å². The van der Waals surface area contributed by atoms with Crippen LogP contribution in [0.15, 0.2) is 29.1 Å². The van der Waals surface area contributed by atoms with Crippen molar-refractivity contribution in [2.75, 3.05) is 5.88 Å². The highest BCUT2D eigenvalue weighted by molar-refractivity contribution is 6.30. The van der Waals surface area contributed by atoms with Gasteiger partial charge < -0.3 is 4.98 Å². The van der Waals surface area contributed by atoms with Crippen LogP contribution >= 0.6 is 11.6 Å². The van der Waals surface area contributed by atoms with E-state index in [0.717, 1.165) is 16.5 Å². The summed E-state index contributed by atoms with van der Waals surface area (Å²) in [7, 11) is 0. The third-order valence-corrected chi connectivity index (χ3v) is 3.17. The first-order chi connectivity index (χ1) is 8.52. The number of nitrogens with one attached hydrogen (secondary N) is 1. The maximum atomic E-state index is 11.7. The molecule has 0 spiro atoms. The first-order valence-corrected chi connectivity index (χ1v) is 6.32. The molecule has 1 heterocycles. The molecule has 1 N–H and O–H groups in total. The van der Waals surface area contributed by atoms with Crippen LogP contribution in [0.3, 0.4) is 0 Å². The van der Waals surface area contributed by atoms with E-state index in [1.807, 2.05) is 19.9 Å². The van der Waals surface area contributed by atoms with Crippen LogP contribution in [0.4, 0.5) is 0 Å². The van der Waals surface area contributed by atoms with Gasteiger partial charge in [-0.3, -0.25) is 9.59 Å². The summed E-state index contributed by atoms with van der Waals surface area (Å²) in [6.45, 7) is 4.05. The Morgan fingerprint density at radius 3 is 2.67 bits per heavy atom. The van der Waals surface area contributed by atoms with Crippen molar-refractivity contribution in [3.05, 3.63) is 45.7 Å². The number of carbonyl (C=O) groups excluding carboxylic acids is 1. The van der Waals surface area contributed by atoms with E-state index in [9.17, 15) is 9.59 Å². The van der Waals surface area contributed by atoms with Crippen LogP contribution in [0.1, 0.15) is 35.7 Å². The predicted octanol–water partition coefficient (Wildman–Crippen LogP) is 3.07. The van der Waals surface area contributed by atoms with Crippen molar-refractivity contribution in [2.45, 2.75) is 19.8 Å². The van der Waals surface area contributed by atoms with E-state index in [1.165, 1.54) is 6.07 Å². The molecule has 0 aliphatic carbocycles. The minimum Gasteiger partial charge on any atom is -0.322 e. The van der Waals surface area contributed by atoms with E-state index in [1.54, 1.807) is 12.1 Å². The average molecular weight is 264 g/mol. The molecular formula is C14H14ClNO2. The quantitative estimate of drug-likeness (QED) is 0.683. The highest BCUT2D eigenvalue weighted by Gasteiger charge is 2.12. The minimum atomic E-state index is -0.138. The van der Waals surface area contributed by atoms with Crippen LogP contribution < -0.4 is 5.56 Å². The number of benzene rings is 1. The maximum absolute atomic E-state index is 11.7. The van der Waals surface area contributed by atoms with Gasteiger partial charge in [0.05, 0.1) is 11.4 Å². The van der Waals surface area contributed by atoms with Crippen LogP contribution in [0, 0.1) is 0 Å². The second-order valence-electron chi connectivity index (χ2n) is 4.56. The Morgan fingerprint density at radius 1 is 1.33 bits per heavy atom. The van der Waals surface area contributed by atoms with Crippen LogP contribution in [0.2, 0.25) is 0 Å². The first-order valence-electron chi connectivity index (χ1n) is 5.79. The van der Waals surface area contributed by atoms with Crippen molar-refractivity contribution >= 4 is 28.3 Å². The van der Waals surface area contributed by atoms with E-state index >= 15 is 0 Å². The molecule has 0 saturated carbocycles. The van der Waals surface area contributed by atoms with Crippen molar-refractivity contribution in [1.82, 2.24) is 4.98 Å². The zero-order valence-corrected chi connectivity index (χ0v) is 11.0. The molecule has 18 heavy (non-hydrogen) atoms. The normalized spacial score (nSPS) is 11.1. The van der Waals surface area contributed by atoms with Crippen molar-refractivity contribution in [3.8, 4) is 0 Å². The average Bonchev–Trinajstić information content (AvgIpc) is 2.36. The van der Waals surface area contributed by atoms with Gasteiger partial charge in [0.1, 0.15) is 0 Å². The van der Waals surface area contributed by atoms with E-state index in [0.29, 0.717) is 5.56 Å². The number of carbonyl (C=O) groups is 1. The monoisotopic (exact) mass is 263 g/mol. The van der Waals surface area contributed by atoms with Gasteiger partial charge in [0.15, 0.2) is 5.78 Å². The molecule has 0 atom stereocenters. The second kappa shape index (κ2) is 4.94. The number of H-pyrrole nitrogens is 1. The lowest BCUT2D eigenvalue weighted by Gasteiger charge is -2.11. The van der Waals surface area contributed by atoms with Crippen LogP contribution in [-0.2, 0) is 0 Å². The zero-order chi connectivity index (χ0) is 13.3. The number of hydrogen-bond donors (Lipinski definition) is 1. The highest BCUT2D eigenvalue weighted by Crippen LogP contribution is 2.25. The summed E-state index contributed by atoms with van der Waals surface area (Å²) >= 11 is 5.59. The maximum Gasteiger partial charge on any atom is 0.248 e. The number of halogens is 1. The van der Waals surface area contributed by atoms with Crippen LogP contribution in [-0.4, -0.2) is 16.6 Å². The molecule has 2 rings (SSSR count). The Morgan fingerprint density at radius 2 is 2.06 bits per heavy atom. The third-order valence-electron chi connectivity index (χ3n) is 2.93. The molecule has 0 aliphatic heterocycles. The Kier molecular flexibility index (Phi) is 3.53. The standard InChI is InChI=1S/C14H14ClNO2/c1-8(2)11-6-10(12(17)7-15)5-9-3-4-13(18)16-14(9)11/h3-6,8H,7H2,1-2H3,(H,16,18). The van der Waals surface area contributed by atoms with Crippen molar-refractivity contribution in [1.29, 1.82) is 0 Å². The van der Waals surface area contributed by atoms with Crippen molar-refractivity contribution in [2.24, 2.45) is 0 Å². The summed E-state index contributed by atoms with van der Waals surface area (Å²) in [6.07, 6.45) is 0. The number of Topliss-reactive ketones (excluding diaryl/α,β-unsaturated/α-hetero) is 1. The van der Waals surface area contributed by atoms with Crippen molar-refractivity contribution in [3.63, 3.8) is 0 Å². The Bertz CT molecular complexity index is 658. The van der Waals surface area contributed by atoms with Gasteiger partial charge in [-0.1, -0.05) is 13.8 Å². The molecular weight excluding hydrogens is 250 g/mol. The number of ketones is 1. The summed E-state index contributed by atoms with van der Waals surface area (Å²) in [5.41, 5.74) is 2.20. The smallest absolute Gasteiger partial charge is 0.248 e. The van der Waals surface area contributed by atoms with Gasteiger partial charge in [-0.15, -0.1) is 11.6 Å². The third kappa shape index (κ3) is 2.31. The number of fused-ring (bicyclic) bond motifs is 1. The van der Waals surface area contributed by atoms with Gasteiger partial charge in [-0.05, 0) is 35.1 Å². The minimum absolute atomic E-state index is 0.0353. The molecule has 3 nitrogen and oxygen atoms in total. The fourth-order valence-electron chi connectivity index (χ4n) is 1.99. The van der Waals surface area contributed by atoms with Gasteiger partial charge in [0.2, 0.25) is 5.56 Å². The lowest BCUT2D eigenvalue weighted by atomic mass is 9.95. The molecule has 0 radical (unpaired) electrons. The molecule has 0 saturated heterocycles. The van der Waals surface area contributed by atoms with Gasteiger partial charge in [0.25, 0.3) is 0 Å². The summed E-state index contributed by atoms with van der Waals surface area (Å²) in [6, 6.07) is 6.77. The zero-order valence-electron chi connectivity index (χ0n) is 10.3. The number of hydrogen-bond acceptors (Lipinski definition) is 2. The fourth-order valence-corrected chi connectivity index (χ4v) is 2.14. The molecule has 0 bridgehead atoms. The van der Waals surface area contributed by atoms with Gasteiger partial charge in [0, 0.05) is 11.6 Å². The number of rotatable bonds is 3. The van der Waals surface area contributed by atoms with Crippen LogP contribution in [0.25, 0.3) is 10.9 Å². The lowest BCUT2D eigenvalue weighted by Crippen LogP contribution is -2.08. The molecule has 0 unspecified atom stereocenters. The lowest BCUT2D eigenvalue weighted by molar-refractivity contribution is 0.102. The van der Waals surface area contributed by atoms with Gasteiger partial charge in [-0.25, -0.2) is 0 Å². The molecule has 94 valence electrons. The predicted molar refractivity (Wildman–Crippen MR) is 73.7 cm³/mol. The van der Waals surface area contributed by atoms with Crippen LogP contribution in [0.5, 0.6) is 0 Å². The van der Waals surface area contributed by atoms with Crippen molar-refractivity contribution < 1.29 is 4.79 Å². The SMILES string of the molecule is CC(C)c1cc(C(=O)CCl)cc2ccc(=O)[nH]c12. The van der Waals surface area contributed by atoms with E-state index in [4.69, 9.17) is 11.6 Å². The Labute approximate surface area is 110 Å². The van der Waals surface area contributed by atoms with E-state index in [-0.39, 0.29) is 23.1 Å². The molecule has 2 aromatic rings. The Balaban J connectivity index is 2.78. The highest BCUT2D eigenvalue weighted by atomic mass is 35.5. The first kappa shape index (κ1) is 12.8. The summed E-state index contributed by atoms with van der Waals surface area (Å²) in [5, 5.41) is 0.856. The Hall–Kier alpha value is -1.61. The molecule has 0 aliphatic rings. The molecule has 0 amide bonds. The topological polar surface area (TPSA) is 49.9 Å². The second-order valence-corrected chi connectivity index (χ2v) is 4.83. The summed E-state index contributed by atoms with van der Waals surface area (Å²) in [5.74, 6) is 0.0761. The number of aromatic amines is 1. The summed E-state index contributed by atoms with van der Waals surface area (Å²) in [4.78, 5) is 25.9. The summed E-state index contributed by atoms with van der Waals surface area (Å²) < 4.78 is 0. The molecule has 1 aromatic carbocycles. The van der Waals surface area contributed by atoms with Gasteiger partial charge in [-0.2, -0.15) is 0 Å². The number of alkyl halides is 1. The molecule has 4 heteroatoms. The fraction of sp³-hybridized carbons (Fsp3) is 0.286. The molecule has 0 fully saturated rings. The largest absolute Gasteiger partial charge is 0.322 e. The number of aromatic nitrogens is 1. The van der Waals surface area contributed by atoms with E-state index in [2.05, 4.69) is 4.98 Å². The molecule has 1 aromatic heterocycles. The van der Waals surface area contributed by atoms with E-state index < -0.39 is 0 Å². The number of pyridine rings is 1.